The van der Waals surface area contributed by atoms with E-state index in [1.165, 1.54) is 4.90 Å². The van der Waals surface area contributed by atoms with Gasteiger partial charge in [0.2, 0.25) is 0 Å². The lowest BCUT2D eigenvalue weighted by Crippen LogP contribution is -2.41. The van der Waals surface area contributed by atoms with Crippen LogP contribution in [0.1, 0.15) is 29.3 Å². The van der Waals surface area contributed by atoms with E-state index in [1.54, 1.807) is 49.6 Å². The standard InChI is InChI=1S/C19H19NO4/c1-3-20-16-7-5-4-6-15(16)19(23,18(20)22)12-17(21)13-8-10-14(24-2)11-9-13/h4-11,23H,3,12H2,1-2H3/t19-/m0/s1. The number of amides is 1. The van der Waals surface area contributed by atoms with E-state index in [4.69, 9.17) is 4.74 Å². The van der Waals surface area contributed by atoms with Crippen molar-refractivity contribution >= 4 is 17.4 Å². The van der Waals surface area contributed by atoms with Gasteiger partial charge in [-0.25, -0.2) is 0 Å². The highest BCUT2D eigenvalue weighted by Crippen LogP contribution is 2.42. The van der Waals surface area contributed by atoms with Crippen molar-refractivity contribution in [1.29, 1.82) is 0 Å². The predicted octanol–water partition coefficient (Wildman–Crippen LogP) is 2.52. The lowest BCUT2D eigenvalue weighted by Gasteiger charge is -2.22. The van der Waals surface area contributed by atoms with Gasteiger partial charge >= 0.3 is 0 Å². The Bertz CT molecular complexity index is 784. The molecular formula is C19H19NO4. The Balaban J connectivity index is 1.93. The second-order valence-electron chi connectivity index (χ2n) is 5.76. The van der Waals surface area contributed by atoms with Crippen LogP contribution in [-0.2, 0) is 10.4 Å². The molecule has 2 aromatic carbocycles. The van der Waals surface area contributed by atoms with Gasteiger partial charge in [0.25, 0.3) is 5.91 Å². The summed E-state index contributed by atoms with van der Waals surface area (Å²) in [4.78, 5) is 26.8. The number of para-hydroxylation sites is 1. The molecule has 1 aliphatic heterocycles. The predicted molar refractivity (Wildman–Crippen MR) is 90.3 cm³/mol. The van der Waals surface area contributed by atoms with E-state index in [9.17, 15) is 14.7 Å². The molecule has 0 unspecified atom stereocenters. The van der Waals surface area contributed by atoms with Gasteiger partial charge in [-0.15, -0.1) is 0 Å². The highest BCUT2D eigenvalue weighted by molar-refractivity contribution is 6.10. The van der Waals surface area contributed by atoms with Gasteiger partial charge in [0, 0.05) is 17.7 Å². The number of nitrogens with zero attached hydrogens (tertiary/aromatic N) is 1. The number of methoxy groups -OCH3 is 1. The van der Waals surface area contributed by atoms with Crippen molar-refractivity contribution in [3.63, 3.8) is 0 Å². The molecule has 1 amide bonds. The smallest absolute Gasteiger partial charge is 0.264 e. The van der Waals surface area contributed by atoms with Gasteiger partial charge in [0.05, 0.1) is 19.2 Å². The van der Waals surface area contributed by atoms with E-state index in [2.05, 4.69) is 0 Å². The first kappa shape index (κ1) is 16.2. The third-order valence-corrected chi connectivity index (χ3v) is 4.38. The first-order valence-corrected chi connectivity index (χ1v) is 7.82. The molecule has 1 heterocycles. The zero-order chi connectivity index (χ0) is 17.3. The van der Waals surface area contributed by atoms with E-state index in [0.717, 1.165) is 0 Å². The molecule has 0 bridgehead atoms. The number of carbonyl (C=O) groups excluding carboxylic acids is 2. The molecule has 5 heteroatoms. The van der Waals surface area contributed by atoms with Crippen molar-refractivity contribution in [2.24, 2.45) is 0 Å². The van der Waals surface area contributed by atoms with E-state index in [0.29, 0.717) is 29.1 Å². The number of benzene rings is 2. The molecule has 124 valence electrons. The van der Waals surface area contributed by atoms with E-state index < -0.39 is 11.5 Å². The van der Waals surface area contributed by atoms with Crippen molar-refractivity contribution in [2.75, 3.05) is 18.6 Å². The summed E-state index contributed by atoms with van der Waals surface area (Å²) in [6, 6.07) is 13.7. The molecule has 5 nitrogen and oxygen atoms in total. The molecule has 3 rings (SSSR count). The third kappa shape index (κ3) is 2.47. The fraction of sp³-hybridized carbons (Fsp3) is 0.263. The highest BCUT2D eigenvalue weighted by Gasteiger charge is 2.50. The Morgan fingerprint density at radius 2 is 1.83 bits per heavy atom. The molecule has 0 fully saturated rings. The molecule has 0 saturated heterocycles. The fourth-order valence-corrected chi connectivity index (χ4v) is 3.10. The zero-order valence-corrected chi connectivity index (χ0v) is 13.7. The van der Waals surface area contributed by atoms with E-state index in [1.807, 2.05) is 13.0 Å². The molecule has 1 atom stereocenters. The number of Topliss-reactive ketones (excluding diaryl/α,β-unsaturated/α-hetero) is 1. The third-order valence-electron chi connectivity index (χ3n) is 4.38. The highest BCUT2D eigenvalue weighted by atomic mass is 16.5. The average molecular weight is 325 g/mol. The SMILES string of the molecule is CCN1C(=O)[C@](O)(CC(=O)c2ccc(OC)cc2)c2ccccc21. The van der Waals surface area contributed by atoms with E-state index in [-0.39, 0.29) is 12.2 Å². The van der Waals surface area contributed by atoms with Gasteiger partial charge in [-0.1, -0.05) is 18.2 Å². The van der Waals surface area contributed by atoms with Crippen LogP contribution in [0.4, 0.5) is 5.69 Å². The quantitative estimate of drug-likeness (QED) is 0.858. The molecule has 0 radical (unpaired) electrons. The summed E-state index contributed by atoms with van der Waals surface area (Å²) in [5, 5.41) is 11.0. The number of carbonyl (C=O) groups is 2. The molecule has 0 saturated carbocycles. The summed E-state index contributed by atoms with van der Waals surface area (Å²) < 4.78 is 5.07. The van der Waals surface area contributed by atoms with Gasteiger partial charge in [-0.3, -0.25) is 9.59 Å². The summed E-state index contributed by atoms with van der Waals surface area (Å²) in [5.41, 5.74) is -0.234. The number of hydrogen-bond donors (Lipinski definition) is 1. The Hall–Kier alpha value is -2.66. The Morgan fingerprint density at radius 3 is 2.46 bits per heavy atom. The van der Waals surface area contributed by atoms with Gasteiger partial charge in [0.1, 0.15) is 5.75 Å². The number of fused-ring (bicyclic) bond motifs is 1. The zero-order valence-electron chi connectivity index (χ0n) is 13.7. The number of likely N-dealkylation sites (N-methyl/N-ethyl adjacent to an activating group) is 1. The fourth-order valence-electron chi connectivity index (χ4n) is 3.10. The first-order chi connectivity index (χ1) is 11.5. The normalized spacial score (nSPS) is 19.3. The van der Waals surface area contributed by atoms with Crippen molar-refractivity contribution in [2.45, 2.75) is 18.9 Å². The number of hydrogen-bond acceptors (Lipinski definition) is 4. The monoisotopic (exact) mass is 325 g/mol. The Labute approximate surface area is 140 Å². The van der Waals surface area contributed by atoms with Crippen LogP contribution in [-0.4, -0.2) is 30.5 Å². The van der Waals surface area contributed by atoms with Crippen molar-refractivity contribution in [3.05, 3.63) is 59.7 Å². The lowest BCUT2D eigenvalue weighted by molar-refractivity contribution is -0.135. The molecular weight excluding hydrogens is 306 g/mol. The second-order valence-corrected chi connectivity index (χ2v) is 5.76. The van der Waals surface area contributed by atoms with Crippen molar-refractivity contribution < 1.29 is 19.4 Å². The summed E-state index contributed by atoms with van der Waals surface area (Å²) in [6.07, 6.45) is -0.286. The number of ether oxygens (including phenoxy) is 1. The number of anilines is 1. The minimum Gasteiger partial charge on any atom is -0.497 e. The van der Waals surface area contributed by atoms with Crippen molar-refractivity contribution in [1.82, 2.24) is 0 Å². The molecule has 0 aliphatic carbocycles. The van der Waals surface area contributed by atoms with Gasteiger partial charge in [-0.2, -0.15) is 0 Å². The van der Waals surface area contributed by atoms with Crippen LogP contribution in [0, 0.1) is 0 Å². The summed E-state index contributed by atoms with van der Waals surface area (Å²) in [6.45, 7) is 2.28. The topological polar surface area (TPSA) is 66.8 Å². The van der Waals surface area contributed by atoms with Crippen LogP contribution in [0.25, 0.3) is 0 Å². The minimum absolute atomic E-state index is 0.286. The maximum Gasteiger partial charge on any atom is 0.264 e. The maximum absolute atomic E-state index is 12.7. The van der Waals surface area contributed by atoms with Crippen LogP contribution in [0.2, 0.25) is 0 Å². The van der Waals surface area contributed by atoms with E-state index >= 15 is 0 Å². The Kier molecular flexibility index (Phi) is 4.11. The van der Waals surface area contributed by atoms with Gasteiger partial charge in [-0.05, 0) is 37.3 Å². The minimum atomic E-state index is -1.82. The largest absolute Gasteiger partial charge is 0.497 e. The molecule has 24 heavy (non-hydrogen) atoms. The summed E-state index contributed by atoms with van der Waals surface area (Å²) in [5.74, 6) is -0.0981. The van der Waals surface area contributed by atoms with Crippen molar-refractivity contribution in [3.8, 4) is 5.75 Å². The average Bonchev–Trinajstić information content (AvgIpc) is 2.82. The summed E-state index contributed by atoms with van der Waals surface area (Å²) >= 11 is 0. The summed E-state index contributed by atoms with van der Waals surface area (Å²) in [7, 11) is 1.55. The van der Waals surface area contributed by atoms with Crippen LogP contribution >= 0.6 is 0 Å². The molecule has 1 aliphatic rings. The number of ketones is 1. The molecule has 2 aromatic rings. The molecule has 0 aromatic heterocycles. The Morgan fingerprint density at radius 1 is 1.17 bits per heavy atom. The molecule has 0 spiro atoms. The van der Waals surface area contributed by atoms with Crippen LogP contribution in [0.5, 0.6) is 5.75 Å². The molecule has 1 N–H and O–H groups in total. The number of rotatable bonds is 5. The first-order valence-electron chi connectivity index (χ1n) is 7.82. The maximum atomic E-state index is 12.7. The van der Waals surface area contributed by atoms with Crippen LogP contribution in [0.15, 0.2) is 48.5 Å². The van der Waals surface area contributed by atoms with Gasteiger partial charge < -0.3 is 14.7 Å². The van der Waals surface area contributed by atoms with Crippen LogP contribution < -0.4 is 9.64 Å². The van der Waals surface area contributed by atoms with Gasteiger partial charge in [0.15, 0.2) is 11.4 Å². The van der Waals surface area contributed by atoms with Crippen LogP contribution in [0.3, 0.4) is 0 Å². The number of aliphatic hydroxyl groups is 1. The lowest BCUT2D eigenvalue weighted by atomic mass is 9.88. The second kappa shape index (κ2) is 6.09.